The third-order valence-electron chi connectivity index (χ3n) is 4.79. The molecule has 0 saturated carbocycles. The van der Waals surface area contributed by atoms with Crippen LogP contribution in [0.4, 0.5) is 0 Å². The predicted molar refractivity (Wildman–Crippen MR) is 112 cm³/mol. The first kappa shape index (κ1) is 18.9. The molecule has 2 aromatic heterocycles. The van der Waals surface area contributed by atoms with Crippen LogP contribution in [0.3, 0.4) is 0 Å². The molecule has 6 heteroatoms. The van der Waals surface area contributed by atoms with Crippen molar-refractivity contribution in [3.63, 3.8) is 0 Å². The number of benzene rings is 2. The number of methoxy groups -OCH3 is 1. The summed E-state index contributed by atoms with van der Waals surface area (Å²) in [5, 5.41) is 1.32. The molecule has 0 aliphatic carbocycles. The lowest BCUT2D eigenvalue weighted by Crippen LogP contribution is -2.10. The van der Waals surface area contributed by atoms with Crippen molar-refractivity contribution in [3.8, 4) is 11.1 Å². The molecular formula is C23H17ClN2O3. The van der Waals surface area contributed by atoms with Crippen LogP contribution in [0.1, 0.15) is 21.6 Å². The van der Waals surface area contributed by atoms with Gasteiger partial charge in [-0.15, -0.1) is 0 Å². The van der Waals surface area contributed by atoms with Gasteiger partial charge in [0.15, 0.2) is 0 Å². The van der Waals surface area contributed by atoms with Crippen molar-refractivity contribution >= 4 is 34.3 Å². The number of H-pyrrole nitrogens is 1. The van der Waals surface area contributed by atoms with E-state index in [1.807, 2.05) is 24.3 Å². The number of nitrogens with zero attached hydrogens (tertiary/aromatic N) is 1. The molecule has 0 fully saturated rings. The maximum absolute atomic E-state index is 13.2. The second kappa shape index (κ2) is 7.89. The van der Waals surface area contributed by atoms with Crippen LogP contribution in [0, 0.1) is 0 Å². The average Bonchev–Trinajstić information content (AvgIpc) is 3.11. The van der Waals surface area contributed by atoms with E-state index >= 15 is 0 Å². The summed E-state index contributed by atoms with van der Waals surface area (Å²) in [6, 6.07) is 16.4. The number of carbonyl (C=O) groups is 2. The summed E-state index contributed by atoms with van der Waals surface area (Å²) in [6.45, 7) is 0. The van der Waals surface area contributed by atoms with E-state index in [4.69, 9.17) is 16.3 Å². The lowest BCUT2D eigenvalue weighted by atomic mass is 9.99. The van der Waals surface area contributed by atoms with Gasteiger partial charge in [-0.3, -0.25) is 14.6 Å². The fourth-order valence-corrected chi connectivity index (χ4v) is 3.49. The lowest BCUT2D eigenvalue weighted by molar-refractivity contribution is -0.139. The number of ketones is 1. The van der Waals surface area contributed by atoms with Gasteiger partial charge in [0.05, 0.1) is 19.2 Å². The number of aromatic amines is 1. The van der Waals surface area contributed by atoms with Crippen molar-refractivity contribution in [2.45, 2.75) is 6.42 Å². The van der Waals surface area contributed by atoms with Crippen molar-refractivity contribution in [2.24, 2.45) is 0 Å². The van der Waals surface area contributed by atoms with E-state index in [2.05, 4.69) is 9.97 Å². The lowest BCUT2D eigenvalue weighted by Gasteiger charge is -2.06. The van der Waals surface area contributed by atoms with E-state index in [-0.39, 0.29) is 12.2 Å². The van der Waals surface area contributed by atoms with Gasteiger partial charge >= 0.3 is 5.97 Å². The van der Waals surface area contributed by atoms with Crippen molar-refractivity contribution in [1.29, 1.82) is 0 Å². The molecule has 0 amide bonds. The Morgan fingerprint density at radius 3 is 2.55 bits per heavy atom. The highest BCUT2D eigenvalue weighted by Gasteiger charge is 2.21. The largest absolute Gasteiger partial charge is 0.469 e. The summed E-state index contributed by atoms with van der Waals surface area (Å²) in [6.07, 6.45) is 3.48. The van der Waals surface area contributed by atoms with Gasteiger partial charge in [-0.1, -0.05) is 48.0 Å². The third kappa shape index (κ3) is 3.77. The number of ether oxygens (including phenoxy) is 1. The van der Waals surface area contributed by atoms with Crippen LogP contribution in [-0.2, 0) is 16.0 Å². The van der Waals surface area contributed by atoms with Gasteiger partial charge in [-0.05, 0) is 29.3 Å². The van der Waals surface area contributed by atoms with Gasteiger partial charge in [-0.25, -0.2) is 0 Å². The molecule has 0 saturated heterocycles. The van der Waals surface area contributed by atoms with Crippen molar-refractivity contribution in [1.82, 2.24) is 9.97 Å². The molecule has 29 heavy (non-hydrogen) atoms. The zero-order valence-electron chi connectivity index (χ0n) is 15.6. The Hall–Kier alpha value is -3.44. The molecule has 2 aromatic carbocycles. The number of rotatable bonds is 5. The second-order valence-corrected chi connectivity index (χ2v) is 7.01. The predicted octanol–water partition coefficient (Wildman–Crippen LogP) is 4.83. The van der Waals surface area contributed by atoms with E-state index in [1.54, 1.807) is 42.7 Å². The molecule has 0 atom stereocenters. The Balaban J connectivity index is 1.74. The topological polar surface area (TPSA) is 72.1 Å². The number of aromatic nitrogens is 2. The van der Waals surface area contributed by atoms with Crippen LogP contribution in [0.5, 0.6) is 0 Å². The summed E-state index contributed by atoms with van der Waals surface area (Å²) in [5.41, 5.74) is 4.12. The van der Waals surface area contributed by atoms with Crippen LogP contribution >= 0.6 is 11.6 Å². The van der Waals surface area contributed by atoms with Crippen molar-refractivity contribution < 1.29 is 14.3 Å². The minimum atomic E-state index is -0.415. The Kier molecular flexibility index (Phi) is 5.14. The van der Waals surface area contributed by atoms with Crippen LogP contribution < -0.4 is 0 Å². The molecule has 4 rings (SSSR count). The highest BCUT2D eigenvalue weighted by molar-refractivity contribution is 6.31. The minimum absolute atomic E-state index is 0.00697. The number of hydrogen-bond acceptors (Lipinski definition) is 4. The number of nitrogens with one attached hydrogen (secondary N) is 1. The quantitative estimate of drug-likeness (QED) is 0.382. The SMILES string of the molecule is COC(=O)Cc1c(C(=O)c2ccc(-c3cccnc3)cc2)[nH]c2cc(Cl)ccc12. The van der Waals surface area contributed by atoms with Crippen LogP contribution in [-0.4, -0.2) is 28.8 Å². The molecule has 1 N–H and O–H groups in total. The van der Waals surface area contributed by atoms with Crippen molar-refractivity contribution in [2.75, 3.05) is 7.11 Å². The first-order valence-corrected chi connectivity index (χ1v) is 9.36. The maximum Gasteiger partial charge on any atom is 0.310 e. The smallest absolute Gasteiger partial charge is 0.310 e. The van der Waals surface area contributed by atoms with Gasteiger partial charge in [0.25, 0.3) is 0 Å². The molecular weight excluding hydrogens is 388 g/mol. The summed E-state index contributed by atoms with van der Waals surface area (Å²) in [7, 11) is 1.33. The fraction of sp³-hybridized carbons (Fsp3) is 0.0870. The standard InChI is InChI=1S/C23H17ClN2O3/c1-29-21(27)12-19-18-9-8-17(24)11-20(18)26-22(19)23(28)15-6-4-14(5-7-15)16-3-2-10-25-13-16/h2-11,13,26H,12H2,1H3. The molecule has 0 unspecified atom stereocenters. The zero-order valence-corrected chi connectivity index (χ0v) is 16.4. The first-order valence-electron chi connectivity index (χ1n) is 8.99. The number of fused-ring (bicyclic) bond motifs is 1. The number of esters is 1. The van der Waals surface area contributed by atoms with E-state index in [0.717, 1.165) is 16.5 Å². The molecule has 2 heterocycles. The maximum atomic E-state index is 13.2. The van der Waals surface area contributed by atoms with E-state index in [0.29, 0.717) is 27.4 Å². The molecule has 0 radical (unpaired) electrons. The number of pyridine rings is 1. The second-order valence-electron chi connectivity index (χ2n) is 6.57. The first-order chi connectivity index (χ1) is 14.1. The highest BCUT2D eigenvalue weighted by atomic mass is 35.5. The fourth-order valence-electron chi connectivity index (χ4n) is 3.31. The zero-order chi connectivity index (χ0) is 20.4. The highest BCUT2D eigenvalue weighted by Crippen LogP contribution is 2.28. The average molecular weight is 405 g/mol. The van der Waals surface area contributed by atoms with Gasteiger partial charge in [-0.2, -0.15) is 0 Å². The van der Waals surface area contributed by atoms with Crippen LogP contribution in [0.15, 0.2) is 67.0 Å². The summed E-state index contributed by atoms with van der Waals surface area (Å²) < 4.78 is 4.81. The number of hydrogen-bond donors (Lipinski definition) is 1. The molecule has 5 nitrogen and oxygen atoms in total. The van der Waals surface area contributed by atoms with Crippen molar-refractivity contribution in [3.05, 3.63) is 88.8 Å². The van der Waals surface area contributed by atoms with E-state index in [1.165, 1.54) is 7.11 Å². The van der Waals surface area contributed by atoms with E-state index in [9.17, 15) is 9.59 Å². The van der Waals surface area contributed by atoms with Gasteiger partial charge in [0.2, 0.25) is 5.78 Å². The van der Waals surface area contributed by atoms with E-state index < -0.39 is 5.97 Å². The third-order valence-corrected chi connectivity index (χ3v) is 5.02. The molecule has 0 bridgehead atoms. The molecule has 4 aromatic rings. The molecule has 0 aliphatic rings. The number of carbonyl (C=O) groups excluding carboxylic acids is 2. The van der Waals surface area contributed by atoms with Gasteiger partial charge < -0.3 is 9.72 Å². The normalized spacial score (nSPS) is 10.8. The van der Waals surface area contributed by atoms with Crippen LogP contribution in [0.2, 0.25) is 5.02 Å². The summed E-state index contributed by atoms with van der Waals surface area (Å²) >= 11 is 6.08. The summed E-state index contributed by atoms with van der Waals surface area (Å²) in [4.78, 5) is 32.4. The Morgan fingerprint density at radius 2 is 1.86 bits per heavy atom. The van der Waals surface area contributed by atoms with Gasteiger partial charge in [0, 0.05) is 39.4 Å². The molecule has 144 valence electrons. The Morgan fingerprint density at radius 1 is 1.07 bits per heavy atom. The molecule has 0 aliphatic heterocycles. The van der Waals surface area contributed by atoms with Gasteiger partial charge in [0.1, 0.15) is 0 Å². The monoisotopic (exact) mass is 404 g/mol. The minimum Gasteiger partial charge on any atom is -0.469 e. The van der Waals surface area contributed by atoms with Crippen LogP contribution in [0.25, 0.3) is 22.0 Å². The Bertz CT molecular complexity index is 1200. The number of halogens is 1. The summed E-state index contributed by atoms with van der Waals surface area (Å²) in [5.74, 6) is -0.615. The Labute approximate surface area is 172 Å². The molecule has 0 spiro atoms.